The minimum atomic E-state index is -0.842. The molecule has 4 rings (SSSR count). The first-order chi connectivity index (χ1) is 15.0. The molecule has 0 saturated carbocycles. The number of nitrogen functional groups attached to an aromatic ring is 1. The summed E-state index contributed by atoms with van der Waals surface area (Å²) in [7, 11) is 0. The Morgan fingerprint density at radius 1 is 1.26 bits per heavy atom. The summed E-state index contributed by atoms with van der Waals surface area (Å²) in [6.07, 6.45) is 2.33. The Morgan fingerprint density at radius 2 is 2.06 bits per heavy atom. The zero-order valence-electron chi connectivity index (χ0n) is 17.5. The molecule has 4 N–H and O–H groups in total. The summed E-state index contributed by atoms with van der Waals surface area (Å²) in [6, 6.07) is 8.84. The van der Waals surface area contributed by atoms with Gasteiger partial charge in [0.25, 0.3) is 0 Å². The smallest absolute Gasteiger partial charge is 0.216 e. The molecule has 1 aromatic carbocycles. The molecule has 0 bridgehead atoms. The molecule has 0 radical (unpaired) electrons. The lowest BCUT2D eigenvalue weighted by Crippen LogP contribution is -2.47. The standard InChI is InChI=1S/C22H27FN6O2/c1-2-31-22(30)29-7-5-17(6-8-29)25-12-14-9-15(11-16(23)10-14)18-3-4-19-20(28-18)21(24)27-13-26-19/h3-4,9-11,13,17,22,25,30H,2,5-8,12H2,1H3,(H2,24,26,27). The van der Waals surface area contributed by atoms with E-state index >= 15 is 0 Å². The maximum Gasteiger partial charge on any atom is 0.216 e. The van der Waals surface area contributed by atoms with Gasteiger partial charge in [-0.2, -0.15) is 0 Å². The number of pyridine rings is 1. The van der Waals surface area contributed by atoms with Gasteiger partial charge in [0.2, 0.25) is 6.41 Å². The molecule has 0 aliphatic carbocycles. The second-order valence-corrected chi connectivity index (χ2v) is 7.64. The number of fused-ring (bicyclic) bond motifs is 1. The van der Waals surface area contributed by atoms with Gasteiger partial charge in [0, 0.05) is 37.8 Å². The van der Waals surface area contributed by atoms with Gasteiger partial charge in [0.15, 0.2) is 5.82 Å². The van der Waals surface area contributed by atoms with Crippen LogP contribution in [0, 0.1) is 5.82 Å². The number of ether oxygens (including phenoxy) is 1. The predicted molar refractivity (Wildman–Crippen MR) is 116 cm³/mol. The number of nitrogens with zero attached hydrogens (tertiary/aromatic N) is 4. The van der Waals surface area contributed by atoms with Crippen molar-refractivity contribution in [2.45, 2.75) is 38.8 Å². The summed E-state index contributed by atoms with van der Waals surface area (Å²) in [6.45, 7) is 4.38. The van der Waals surface area contributed by atoms with Crippen molar-refractivity contribution >= 4 is 16.9 Å². The summed E-state index contributed by atoms with van der Waals surface area (Å²) in [4.78, 5) is 14.6. The Bertz CT molecular complexity index is 1040. The topological polar surface area (TPSA) is 109 Å². The minimum Gasteiger partial charge on any atom is -0.382 e. The molecular formula is C22H27FN6O2. The van der Waals surface area contributed by atoms with E-state index in [1.165, 1.54) is 18.5 Å². The SMILES string of the molecule is CCOC(O)N1CCC(NCc2cc(F)cc(-c3ccc4ncnc(N)c4n3)c2)CC1. The molecule has 1 aliphatic rings. The molecule has 3 heterocycles. The molecule has 0 spiro atoms. The van der Waals surface area contributed by atoms with Crippen LogP contribution in [0.3, 0.4) is 0 Å². The number of aromatic nitrogens is 3. The van der Waals surface area contributed by atoms with Gasteiger partial charge < -0.3 is 20.9 Å². The molecule has 3 aromatic rings. The van der Waals surface area contributed by atoms with Crippen LogP contribution in [0.2, 0.25) is 0 Å². The van der Waals surface area contributed by atoms with Gasteiger partial charge in [0.1, 0.15) is 17.7 Å². The second kappa shape index (κ2) is 9.61. The number of nitrogens with two attached hydrogens (primary N) is 1. The van der Waals surface area contributed by atoms with E-state index in [9.17, 15) is 9.50 Å². The van der Waals surface area contributed by atoms with Crippen molar-refractivity contribution in [2.24, 2.45) is 0 Å². The highest BCUT2D eigenvalue weighted by molar-refractivity contribution is 5.85. The van der Waals surface area contributed by atoms with Crippen molar-refractivity contribution in [2.75, 3.05) is 25.4 Å². The van der Waals surface area contributed by atoms with Gasteiger partial charge >= 0.3 is 0 Å². The zero-order valence-corrected chi connectivity index (χ0v) is 17.5. The third-order valence-corrected chi connectivity index (χ3v) is 5.52. The fourth-order valence-corrected chi connectivity index (χ4v) is 3.86. The predicted octanol–water partition coefficient (Wildman–Crippen LogP) is 2.28. The molecule has 31 heavy (non-hydrogen) atoms. The van der Waals surface area contributed by atoms with Crippen molar-refractivity contribution in [3.05, 3.63) is 48.0 Å². The van der Waals surface area contributed by atoms with Crippen LogP contribution in [0.15, 0.2) is 36.7 Å². The Hall–Kier alpha value is -2.72. The van der Waals surface area contributed by atoms with Crippen LogP contribution in [0.5, 0.6) is 0 Å². The molecule has 8 nitrogen and oxygen atoms in total. The number of anilines is 1. The summed E-state index contributed by atoms with van der Waals surface area (Å²) >= 11 is 0. The number of halogens is 1. The Labute approximate surface area is 180 Å². The molecule has 1 unspecified atom stereocenters. The molecule has 1 saturated heterocycles. The van der Waals surface area contributed by atoms with Crippen LogP contribution in [0.4, 0.5) is 10.2 Å². The lowest BCUT2D eigenvalue weighted by atomic mass is 10.0. The molecule has 1 aliphatic heterocycles. The number of rotatable bonds is 7. The number of hydrogen-bond acceptors (Lipinski definition) is 8. The third-order valence-electron chi connectivity index (χ3n) is 5.52. The maximum absolute atomic E-state index is 14.3. The van der Waals surface area contributed by atoms with Crippen LogP contribution in [0.25, 0.3) is 22.3 Å². The molecule has 9 heteroatoms. The largest absolute Gasteiger partial charge is 0.382 e. The lowest BCUT2D eigenvalue weighted by Gasteiger charge is -2.34. The van der Waals surface area contributed by atoms with Crippen LogP contribution in [-0.4, -0.2) is 57.1 Å². The second-order valence-electron chi connectivity index (χ2n) is 7.64. The molecule has 2 aromatic heterocycles. The number of piperidine rings is 1. The van der Waals surface area contributed by atoms with Crippen LogP contribution in [-0.2, 0) is 11.3 Å². The summed E-state index contributed by atoms with van der Waals surface area (Å²) in [5.41, 5.74) is 9.20. The Morgan fingerprint density at radius 3 is 2.84 bits per heavy atom. The van der Waals surface area contributed by atoms with Gasteiger partial charge in [-0.15, -0.1) is 0 Å². The lowest BCUT2D eigenvalue weighted by molar-refractivity contribution is -0.195. The minimum absolute atomic E-state index is 0.297. The highest BCUT2D eigenvalue weighted by Crippen LogP contribution is 2.24. The van der Waals surface area contributed by atoms with Gasteiger partial charge in [-0.1, -0.05) is 0 Å². The average molecular weight is 426 g/mol. The van der Waals surface area contributed by atoms with Crippen LogP contribution in [0.1, 0.15) is 25.3 Å². The first-order valence-electron chi connectivity index (χ1n) is 10.5. The van der Waals surface area contributed by atoms with Gasteiger partial charge in [0.05, 0.1) is 11.2 Å². The Balaban J connectivity index is 1.43. The van der Waals surface area contributed by atoms with Crippen molar-refractivity contribution in [1.29, 1.82) is 0 Å². The molecule has 164 valence electrons. The van der Waals surface area contributed by atoms with E-state index in [-0.39, 0.29) is 5.82 Å². The molecule has 0 amide bonds. The quantitative estimate of drug-likeness (QED) is 0.494. The Kier molecular flexibility index (Phi) is 6.67. The molecular weight excluding hydrogens is 399 g/mol. The van der Waals surface area contributed by atoms with Gasteiger partial charge in [-0.25, -0.2) is 19.3 Å². The van der Waals surface area contributed by atoms with E-state index in [2.05, 4.69) is 20.3 Å². The van der Waals surface area contributed by atoms with E-state index in [4.69, 9.17) is 10.5 Å². The van der Waals surface area contributed by atoms with E-state index in [1.807, 2.05) is 24.0 Å². The van der Waals surface area contributed by atoms with E-state index in [0.717, 1.165) is 31.5 Å². The number of likely N-dealkylation sites (tertiary alicyclic amines) is 1. The number of hydrogen-bond donors (Lipinski definition) is 3. The first-order valence-corrected chi connectivity index (χ1v) is 10.5. The van der Waals surface area contributed by atoms with Crippen molar-refractivity contribution < 1.29 is 14.2 Å². The number of nitrogens with one attached hydrogen (secondary N) is 1. The first kappa shape index (κ1) is 21.5. The molecule has 1 fully saturated rings. The van der Waals surface area contributed by atoms with Gasteiger partial charge in [-0.05, 0) is 55.7 Å². The molecule has 1 atom stereocenters. The fraction of sp³-hybridized carbons (Fsp3) is 0.409. The summed E-state index contributed by atoms with van der Waals surface area (Å²) in [5.74, 6) is -0.0194. The monoisotopic (exact) mass is 426 g/mol. The fourth-order valence-electron chi connectivity index (χ4n) is 3.86. The van der Waals surface area contributed by atoms with Crippen LogP contribution >= 0.6 is 0 Å². The van der Waals surface area contributed by atoms with E-state index in [0.29, 0.717) is 47.3 Å². The normalized spacial score (nSPS) is 16.6. The summed E-state index contributed by atoms with van der Waals surface area (Å²) < 4.78 is 19.6. The van der Waals surface area contributed by atoms with Crippen molar-refractivity contribution in [1.82, 2.24) is 25.2 Å². The van der Waals surface area contributed by atoms with E-state index < -0.39 is 6.41 Å². The van der Waals surface area contributed by atoms with E-state index in [1.54, 1.807) is 6.07 Å². The number of aliphatic hydroxyl groups is 1. The van der Waals surface area contributed by atoms with Crippen molar-refractivity contribution in [3.8, 4) is 11.3 Å². The zero-order chi connectivity index (χ0) is 21.8. The summed E-state index contributed by atoms with van der Waals surface area (Å²) in [5, 5.41) is 13.4. The van der Waals surface area contributed by atoms with Crippen molar-refractivity contribution in [3.63, 3.8) is 0 Å². The van der Waals surface area contributed by atoms with Gasteiger partial charge in [-0.3, -0.25) is 4.90 Å². The average Bonchev–Trinajstić information content (AvgIpc) is 2.78. The highest BCUT2D eigenvalue weighted by Gasteiger charge is 2.23. The van der Waals surface area contributed by atoms with Crippen LogP contribution < -0.4 is 11.1 Å². The number of benzene rings is 1. The third kappa shape index (κ3) is 5.13. The highest BCUT2D eigenvalue weighted by atomic mass is 19.1. The maximum atomic E-state index is 14.3. The number of aliphatic hydroxyl groups excluding tert-OH is 1.